The molecule has 1 aromatic rings. The third-order valence-corrected chi connectivity index (χ3v) is 3.80. The number of benzene rings is 1. The van der Waals surface area contributed by atoms with E-state index in [4.69, 9.17) is 9.47 Å². The smallest absolute Gasteiger partial charge is 0.276 e. The highest BCUT2D eigenvalue weighted by Gasteiger charge is 2.30. The van der Waals surface area contributed by atoms with E-state index < -0.39 is 0 Å². The molecule has 6 nitrogen and oxygen atoms in total. The average Bonchev–Trinajstić information content (AvgIpc) is 2.45. The number of nitro groups is 1. The Labute approximate surface area is 125 Å². The van der Waals surface area contributed by atoms with Crippen LogP contribution in [0.1, 0.15) is 32.3 Å². The first kappa shape index (κ1) is 17.2. The van der Waals surface area contributed by atoms with Gasteiger partial charge in [-0.25, -0.2) is 0 Å². The zero-order chi connectivity index (χ0) is 16.2. The van der Waals surface area contributed by atoms with Crippen molar-refractivity contribution in [3.05, 3.63) is 27.8 Å². The maximum Gasteiger partial charge on any atom is 0.276 e. The van der Waals surface area contributed by atoms with Crippen LogP contribution in [0.15, 0.2) is 12.1 Å². The number of likely N-dealkylation sites (N-methyl/N-ethyl adjacent to an activating group) is 1. The highest BCUT2D eigenvalue weighted by atomic mass is 16.6. The van der Waals surface area contributed by atoms with E-state index in [2.05, 4.69) is 19.2 Å². The molecule has 0 aliphatic rings. The Morgan fingerprint density at radius 3 is 2.05 bits per heavy atom. The van der Waals surface area contributed by atoms with E-state index >= 15 is 0 Å². The van der Waals surface area contributed by atoms with Crippen molar-refractivity contribution in [1.82, 2.24) is 5.32 Å². The third-order valence-electron chi connectivity index (χ3n) is 3.80. The number of nitro benzene ring substituents is 1. The molecule has 0 aromatic heterocycles. The van der Waals surface area contributed by atoms with Crippen molar-refractivity contribution in [2.75, 3.05) is 21.3 Å². The van der Waals surface area contributed by atoms with Crippen LogP contribution < -0.4 is 14.8 Å². The molecule has 21 heavy (non-hydrogen) atoms. The maximum atomic E-state index is 11.4. The zero-order valence-corrected chi connectivity index (χ0v) is 13.5. The molecule has 1 N–H and O–H groups in total. The van der Waals surface area contributed by atoms with Crippen molar-refractivity contribution in [2.45, 2.75) is 32.7 Å². The summed E-state index contributed by atoms with van der Waals surface area (Å²) < 4.78 is 10.5. The summed E-state index contributed by atoms with van der Waals surface area (Å²) in [5.41, 5.74) is 0.725. The standard InChI is InChI=1S/C15H24N2O4/c1-9(2)15(10(3)16-4)11-7-13(20-5)14(21-6)8-12(11)17(18)19/h7-10,15-16H,1-6H3. The quantitative estimate of drug-likeness (QED) is 0.618. The lowest BCUT2D eigenvalue weighted by atomic mass is 9.82. The molecule has 0 saturated heterocycles. The van der Waals surface area contributed by atoms with Gasteiger partial charge in [0.2, 0.25) is 0 Å². The van der Waals surface area contributed by atoms with Crippen LogP contribution in [0.5, 0.6) is 11.5 Å². The van der Waals surface area contributed by atoms with E-state index in [1.165, 1.54) is 20.3 Å². The largest absolute Gasteiger partial charge is 0.493 e. The van der Waals surface area contributed by atoms with Crippen LogP contribution in [0.2, 0.25) is 0 Å². The summed E-state index contributed by atoms with van der Waals surface area (Å²) in [6.07, 6.45) is 0. The van der Waals surface area contributed by atoms with Gasteiger partial charge in [-0.3, -0.25) is 10.1 Å². The summed E-state index contributed by atoms with van der Waals surface area (Å²) >= 11 is 0. The molecule has 0 fully saturated rings. The SMILES string of the molecule is CNC(C)C(c1cc(OC)c(OC)cc1[N+](=O)[O-])C(C)C. The number of nitrogens with one attached hydrogen (secondary N) is 1. The highest BCUT2D eigenvalue weighted by molar-refractivity contribution is 5.56. The molecule has 2 atom stereocenters. The molecule has 1 aromatic carbocycles. The number of nitrogens with zero attached hydrogens (tertiary/aromatic N) is 1. The van der Waals surface area contributed by atoms with E-state index in [9.17, 15) is 10.1 Å². The molecule has 1 rings (SSSR count). The minimum Gasteiger partial charge on any atom is -0.493 e. The van der Waals surface area contributed by atoms with Crippen molar-refractivity contribution in [3.8, 4) is 11.5 Å². The van der Waals surface area contributed by atoms with Crippen LogP contribution >= 0.6 is 0 Å². The predicted molar refractivity (Wildman–Crippen MR) is 82.3 cm³/mol. The topological polar surface area (TPSA) is 73.6 Å². The second-order valence-corrected chi connectivity index (χ2v) is 5.37. The first-order valence-corrected chi connectivity index (χ1v) is 6.94. The first-order chi connectivity index (χ1) is 9.87. The Bertz CT molecular complexity index is 503. The van der Waals surface area contributed by atoms with E-state index in [1.807, 2.05) is 14.0 Å². The lowest BCUT2D eigenvalue weighted by Crippen LogP contribution is -2.32. The summed E-state index contributed by atoms with van der Waals surface area (Å²) in [6, 6.07) is 3.25. The predicted octanol–water partition coefficient (Wildman–Crippen LogP) is 2.96. The number of rotatable bonds is 7. The van der Waals surface area contributed by atoms with Gasteiger partial charge < -0.3 is 14.8 Å². The van der Waals surface area contributed by atoms with Crippen molar-refractivity contribution >= 4 is 5.69 Å². The van der Waals surface area contributed by atoms with Crippen LogP contribution in [0, 0.1) is 16.0 Å². The summed E-state index contributed by atoms with van der Waals surface area (Å²) in [4.78, 5) is 11.1. The van der Waals surface area contributed by atoms with Gasteiger partial charge in [0, 0.05) is 17.5 Å². The Hall–Kier alpha value is -1.82. The second kappa shape index (κ2) is 7.26. The average molecular weight is 296 g/mol. The monoisotopic (exact) mass is 296 g/mol. The molecule has 0 radical (unpaired) electrons. The van der Waals surface area contributed by atoms with Gasteiger partial charge in [-0.15, -0.1) is 0 Å². The molecule has 0 saturated carbocycles. The van der Waals surface area contributed by atoms with Crippen LogP contribution in [-0.4, -0.2) is 32.2 Å². The number of hydrogen-bond acceptors (Lipinski definition) is 5. The van der Waals surface area contributed by atoms with E-state index in [0.29, 0.717) is 17.1 Å². The Kier molecular flexibility index (Phi) is 5.96. The molecule has 0 aliphatic heterocycles. The Balaban J connectivity index is 3.53. The Morgan fingerprint density at radius 2 is 1.67 bits per heavy atom. The summed E-state index contributed by atoms with van der Waals surface area (Å²) in [5, 5.41) is 14.6. The van der Waals surface area contributed by atoms with Gasteiger partial charge in [-0.05, 0) is 26.0 Å². The van der Waals surface area contributed by atoms with Crippen molar-refractivity contribution in [1.29, 1.82) is 0 Å². The molecular weight excluding hydrogens is 272 g/mol. The zero-order valence-electron chi connectivity index (χ0n) is 13.5. The van der Waals surface area contributed by atoms with E-state index in [0.717, 1.165) is 0 Å². The van der Waals surface area contributed by atoms with Crippen LogP contribution in [-0.2, 0) is 0 Å². The van der Waals surface area contributed by atoms with Crippen molar-refractivity contribution in [2.24, 2.45) is 5.92 Å². The second-order valence-electron chi connectivity index (χ2n) is 5.37. The molecule has 0 spiro atoms. The van der Waals surface area contributed by atoms with Gasteiger partial charge in [0.1, 0.15) is 0 Å². The molecular formula is C15H24N2O4. The van der Waals surface area contributed by atoms with Crippen LogP contribution in [0.4, 0.5) is 5.69 Å². The fourth-order valence-electron chi connectivity index (χ4n) is 2.69. The summed E-state index contributed by atoms with van der Waals surface area (Å²) in [5.74, 6) is 1.11. The fraction of sp³-hybridized carbons (Fsp3) is 0.600. The normalized spacial score (nSPS) is 13.9. The minimum atomic E-state index is -0.366. The molecule has 6 heteroatoms. The third kappa shape index (κ3) is 3.64. The first-order valence-electron chi connectivity index (χ1n) is 6.94. The number of hydrogen-bond donors (Lipinski definition) is 1. The molecule has 118 valence electrons. The molecule has 0 aliphatic carbocycles. The van der Waals surface area contributed by atoms with Gasteiger partial charge >= 0.3 is 0 Å². The van der Waals surface area contributed by atoms with E-state index in [-0.39, 0.29) is 28.5 Å². The maximum absolute atomic E-state index is 11.4. The highest BCUT2D eigenvalue weighted by Crippen LogP contribution is 2.41. The lowest BCUT2D eigenvalue weighted by molar-refractivity contribution is -0.385. The van der Waals surface area contributed by atoms with Crippen molar-refractivity contribution in [3.63, 3.8) is 0 Å². The number of ether oxygens (including phenoxy) is 2. The van der Waals surface area contributed by atoms with Crippen LogP contribution in [0.3, 0.4) is 0 Å². The molecule has 0 heterocycles. The van der Waals surface area contributed by atoms with Gasteiger partial charge in [0.05, 0.1) is 25.2 Å². The van der Waals surface area contributed by atoms with Crippen LogP contribution in [0.25, 0.3) is 0 Å². The lowest BCUT2D eigenvalue weighted by Gasteiger charge is -2.28. The van der Waals surface area contributed by atoms with Gasteiger partial charge in [0.15, 0.2) is 11.5 Å². The summed E-state index contributed by atoms with van der Waals surface area (Å²) in [7, 11) is 4.85. The molecule has 0 amide bonds. The Morgan fingerprint density at radius 1 is 1.14 bits per heavy atom. The fourth-order valence-corrected chi connectivity index (χ4v) is 2.69. The number of methoxy groups -OCH3 is 2. The van der Waals surface area contributed by atoms with Gasteiger partial charge in [0.25, 0.3) is 5.69 Å². The van der Waals surface area contributed by atoms with Gasteiger partial charge in [-0.1, -0.05) is 13.8 Å². The summed E-state index contributed by atoms with van der Waals surface area (Å²) in [6.45, 7) is 6.13. The molecule has 2 unspecified atom stereocenters. The van der Waals surface area contributed by atoms with Gasteiger partial charge in [-0.2, -0.15) is 0 Å². The van der Waals surface area contributed by atoms with Crippen molar-refractivity contribution < 1.29 is 14.4 Å². The van der Waals surface area contributed by atoms with E-state index in [1.54, 1.807) is 6.07 Å². The molecule has 0 bridgehead atoms. The minimum absolute atomic E-state index is 0.00444.